The average molecular weight is 287 g/mol. The van der Waals surface area contributed by atoms with Gasteiger partial charge in [0, 0.05) is 18.5 Å². The highest BCUT2D eigenvalue weighted by atomic mass is 16.5. The van der Waals surface area contributed by atoms with Crippen LogP contribution in [0.5, 0.6) is 0 Å². The number of para-hydroxylation sites is 1. The summed E-state index contributed by atoms with van der Waals surface area (Å²) in [5.41, 5.74) is 1.92. The molecule has 5 heteroatoms. The lowest BCUT2D eigenvalue weighted by molar-refractivity contribution is -0.122. The molecule has 0 amide bonds. The summed E-state index contributed by atoms with van der Waals surface area (Å²) in [4.78, 5) is 12.6. The number of carbonyl (C=O) groups is 1. The number of aromatic nitrogens is 2. The van der Waals surface area contributed by atoms with E-state index in [1.165, 1.54) is 0 Å². The molecule has 0 spiro atoms. The molecule has 5 nitrogen and oxygen atoms in total. The van der Waals surface area contributed by atoms with E-state index < -0.39 is 0 Å². The molecule has 1 aliphatic heterocycles. The Balaban J connectivity index is 1.80. The number of nitrogens with one attached hydrogen (secondary N) is 1. The number of ether oxygens (including phenoxy) is 1. The second kappa shape index (κ2) is 5.95. The summed E-state index contributed by atoms with van der Waals surface area (Å²) in [6, 6.07) is 8.16. The van der Waals surface area contributed by atoms with E-state index in [-0.39, 0.29) is 17.7 Å². The smallest absolute Gasteiger partial charge is 0.145 e. The Morgan fingerprint density at radius 2 is 2.24 bits per heavy atom. The first-order chi connectivity index (χ1) is 10.2. The number of carbonyl (C=O) groups excluding carboxylic acids is 1. The molecule has 1 saturated heterocycles. The molecule has 0 saturated carbocycles. The van der Waals surface area contributed by atoms with Crippen molar-refractivity contribution in [1.29, 1.82) is 0 Å². The molecule has 0 bridgehead atoms. The van der Waals surface area contributed by atoms with Gasteiger partial charge in [-0.1, -0.05) is 25.1 Å². The third kappa shape index (κ3) is 2.71. The van der Waals surface area contributed by atoms with Gasteiger partial charge in [-0.05, 0) is 12.6 Å². The van der Waals surface area contributed by atoms with Crippen LogP contribution in [0.25, 0.3) is 10.9 Å². The highest BCUT2D eigenvalue weighted by Crippen LogP contribution is 2.21. The molecule has 2 aromatic rings. The van der Waals surface area contributed by atoms with Crippen molar-refractivity contribution in [1.82, 2.24) is 15.1 Å². The van der Waals surface area contributed by atoms with Gasteiger partial charge in [0.05, 0.1) is 36.8 Å². The fourth-order valence-electron chi connectivity index (χ4n) is 3.05. The van der Waals surface area contributed by atoms with Gasteiger partial charge < -0.3 is 10.1 Å². The van der Waals surface area contributed by atoms with Gasteiger partial charge in [0.15, 0.2) is 0 Å². The van der Waals surface area contributed by atoms with E-state index in [0.717, 1.165) is 23.1 Å². The zero-order valence-electron chi connectivity index (χ0n) is 12.5. The normalized spacial score (nSPS) is 22.0. The van der Waals surface area contributed by atoms with Gasteiger partial charge >= 0.3 is 0 Å². The zero-order chi connectivity index (χ0) is 14.8. The van der Waals surface area contributed by atoms with Crippen molar-refractivity contribution >= 4 is 16.7 Å². The van der Waals surface area contributed by atoms with Crippen molar-refractivity contribution in [2.75, 3.05) is 19.8 Å². The Kier molecular flexibility index (Phi) is 4.03. The largest absolute Gasteiger partial charge is 0.379 e. The summed E-state index contributed by atoms with van der Waals surface area (Å²) in [6.45, 7) is 4.03. The summed E-state index contributed by atoms with van der Waals surface area (Å²) in [6.07, 6.45) is 0.372. The van der Waals surface area contributed by atoms with Gasteiger partial charge in [0.2, 0.25) is 0 Å². The van der Waals surface area contributed by atoms with E-state index in [1.54, 1.807) is 0 Å². The van der Waals surface area contributed by atoms with Crippen molar-refractivity contribution in [2.45, 2.75) is 19.4 Å². The SMILES string of the molecule is CCNC1COCC1C(=O)Cc1nn(C)c2ccccc12. The van der Waals surface area contributed by atoms with Gasteiger partial charge in [-0.15, -0.1) is 0 Å². The number of rotatable bonds is 5. The summed E-state index contributed by atoms with van der Waals surface area (Å²) in [7, 11) is 1.91. The molecule has 1 aromatic heterocycles. The Bertz CT molecular complexity index is 650. The fourth-order valence-corrected chi connectivity index (χ4v) is 3.05. The molecule has 2 unspecified atom stereocenters. The molecule has 112 valence electrons. The number of nitrogens with zero attached hydrogens (tertiary/aromatic N) is 2. The molecule has 1 N–H and O–H groups in total. The van der Waals surface area contributed by atoms with Crippen molar-refractivity contribution in [2.24, 2.45) is 13.0 Å². The third-order valence-corrected chi connectivity index (χ3v) is 4.14. The molecule has 3 rings (SSSR count). The molecular formula is C16H21N3O2. The lowest BCUT2D eigenvalue weighted by atomic mass is 9.94. The predicted octanol–water partition coefficient (Wildman–Crippen LogP) is 1.31. The summed E-state index contributed by atoms with van der Waals surface area (Å²) < 4.78 is 7.30. The number of fused-ring (bicyclic) bond motifs is 1. The van der Waals surface area contributed by atoms with Crippen LogP contribution in [0, 0.1) is 5.92 Å². The molecule has 1 aliphatic rings. The van der Waals surface area contributed by atoms with Crippen molar-refractivity contribution in [3.8, 4) is 0 Å². The molecule has 1 fully saturated rings. The van der Waals surface area contributed by atoms with E-state index >= 15 is 0 Å². The number of aryl methyl sites for hydroxylation is 1. The van der Waals surface area contributed by atoms with E-state index in [1.807, 2.05) is 42.9 Å². The lowest BCUT2D eigenvalue weighted by Crippen LogP contribution is -2.39. The molecule has 0 aliphatic carbocycles. The first-order valence-corrected chi connectivity index (χ1v) is 7.45. The van der Waals surface area contributed by atoms with E-state index in [4.69, 9.17) is 4.74 Å². The number of benzene rings is 1. The summed E-state index contributed by atoms with van der Waals surface area (Å²) in [5, 5.41) is 8.90. The average Bonchev–Trinajstić information content (AvgIpc) is 3.06. The molecule has 0 radical (unpaired) electrons. The minimum absolute atomic E-state index is 0.0641. The van der Waals surface area contributed by atoms with Crippen LogP contribution in [0.3, 0.4) is 0 Å². The Morgan fingerprint density at radius 1 is 1.43 bits per heavy atom. The van der Waals surface area contributed by atoms with Gasteiger partial charge in [-0.3, -0.25) is 9.48 Å². The van der Waals surface area contributed by atoms with Gasteiger partial charge in [0.1, 0.15) is 5.78 Å². The standard InChI is InChI=1S/C16H21N3O2/c1-3-17-14-10-21-9-12(14)16(20)8-13-11-6-4-5-7-15(11)19(2)18-13/h4-7,12,14,17H,3,8-10H2,1-2H3. The molecule has 2 atom stereocenters. The lowest BCUT2D eigenvalue weighted by Gasteiger charge is -2.16. The van der Waals surface area contributed by atoms with Crippen LogP contribution in [-0.4, -0.2) is 41.4 Å². The highest BCUT2D eigenvalue weighted by molar-refractivity contribution is 5.90. The van der Waals surface area contributed by atoms with Crippen molar-refractivity contribution < 1.29 is 9.53 Å². The number of likely N-dealkylation sites (N-methyl/N-ethyl adjacent to an activating group) is 1. The summed E-state index contributed by atoms with van der Waals surface area (Å²) in [5.74, 6) is 0.146. The predicted molar refractivity (Wildman–Crippen MR) is 81.2 cm³/mol. The zero-order valence-corrected chi connectivity index (χ0v) is 12.5. The van der Waals surface area contributed by atoms with Crippen LogP contribution < -0.4 is 5.32 Å². The van der Waals surface area contributed by atoms with E-state index in [9.17, 15) is 4.79 Å². The topological polar surface area (TPSA) is 56.1 Å². The molecule has 21 heavy (non-hydrogen) atoms. The third-order valence-electron chi connectivity index (χ3n) is 4.14. The Morgan fingerprint density at radius 3 is 3.05 bits per heavy atom. The maximum Gasteiger partial charge on any atom is 0.145 e. The fraction of sp³-hybridized carbons (Fsp3) is 0.500. The molecular weight excluding hydrogens is 266 g/mol. The van der Waals surface area contributed by atoms with Gasteiger partial charge in [-0.25, -0.2) is 0 Å². The maximum atomic E-state index is 12.6. The first kappa shape index (κ1) is 14.2. The van der Waals surface area contributed by atoms with Gasteiger partial charge in [-0.2, -0.15) is 5.10 Å². The van der Waals surface area contributed by atoms with E-state index in [2.05, 4.69) is 10.4 Å². The van der Waals surface area contributed by atoms with Crippen molar-refractivity contribution in [3.05, 3.63) is 30.0 Å². The van der Waals surface area contributed by atoms with Crippen LogP contribution >= 0.6 is 0 Å². The van der Waals surface area contributed by atoms with Crippen LogP contribution in [-0.2, 0) is 23.0 Å². The van der Waals surface area contributed by atoms with Crippen LogP contribution in [0.4, 0.5) is 0 Å². The minimum atomic E-state index is -0.0641. The number of hydrogen-bond donors (Lipinski definition) is 1. The van der Waals surface area contributed by atoms with Crippen LogP contribution in [0.1, 0.15) is 12.6 Å². The number of Topliss-reactive ketones (excluding diaryl/α,β-unsaturated/α-hetero) is 1. The van der Waals surface area contributed by atoms with Crippen LogP contribution in [0.15, 0.2) is 24.3 Å². The number of ketones is 1. The van der Waals surface area contributed by atoms with Crippen LogP contribution in [0.2, 0.25) is 0 Å². The second-order valence-electron chi connectivity index (χ2n) is 5.54. The number of hydrogen-bond acceptors (Lipinski definition) is 4. The molecule has 1 aromatic carbocycles. The monoisotopic (exact) mass is 287 g/mol. The molecule has 2 heterocycles. The van der Waals surface area contributed by atoms with Gasteiger partial charge in [0.25, 0.3) is 0 Å². The Hall–Kier alpha value is -1.72. The highest BCUT2D eigenvalue weighted by Gasteiger charge is 2.33. The van der Waals surface area contributed by atoms with Crippen molar-refractivity contribution in [3.63, 3.8) is 0 Å². The summed E-state index contributed by atoms with van der Waals surface area (Å²) >= 11 is 0. The Labute approximate surface area is 124 Å². The quantitative estimate of drug-likeness (QED) is 0.901. The second-order valence-corrected chi connectivity index (χ2v) is 5.54. The minimum Gasteiger partial charge on any atom is -0.379 e. The maximum absolute atomic E-state index is 12.6. The first-order valence-electron chi connectivity index (χ1n) is 7.45. The van der Waals surface area contributed by atoms with E-state index in [0.29, 0.717) is 19.6 Å².